The van der Waals surface area contributed by atoms with Crippen LogP contribution in [-0.2, 0) is 24.5 Å². The summed E-state index contributed by atoms with van der Waals surface area (Å²) in [4.78, 5) is 39.7. The third-order valence-corrected chi connectivity index (χ3v) is 6.33. The van der Waals surface area contributed by atoms with Crippen LogP contribution in [0.4, 0.5) is 5.69 Å². The molecule has 1 aromatic carbocycles. The number of nitrogens with zero attached hydrogens (tertiary/aromatic N) is 1. The van der Waals surface area contributed by atoms with Gasteiger partial charge in [-0.2, -0.15) is 0 Å². The number of esters is 1. The molecule has 1 aromatic rings. The molecule has 3 heterocycles. The molecule has 6 heteroatoms. The Balaban J connectivity index is 1.73. The van der Waals surface area contributed by atoms with Crippen molar-refractivity contribution in [2.75, 3.05) is 25.5 Å². The summed E-state index contributed by atoms with van der Waals surface area (Å²) in [7, 11) is 1.22. The predicted molar refractivity (Wildman–Crippen MR) is 95.5 cm³/mol. The molecule has 1 amide bonds. The maximum absolute atomic E-state index is 13.0. The number of ether oxygens (including phenoxy) is 1. The quantitative estimate of drug-likeness (QED) is 0.506. The van der Waals surface area contributed by atoms with Crippen molar-refractivity contribution in [1.29, 1.82) is 0 Å². The minimum atomic E-state index is -0.821. The summed E-state index contributed by atoms with van der Waals surface area (Å²) >= 11 is 0. The highest BCUT2D eigenvalue weighted by Gasteiger charge is 2.60. The van der Waals surface area contributed by atoms with E-state index < -0.39 is 23.1 Å². The van der Waals surface area contributed by atoms with Gasteiger partial charge in [0.15, 0.2) is 0 Å². The number of carbonyl (C=O) groups excluding carboxylic acids is 3. The molecule has 136 valence electrons. The van der Waals surface area contributed by atoms with Gasteiger partial charge in [0.05, 0.1) is 12.5 Å². The fourth-order valence-electron chi connectivity index (χ4n) is 5.04. The van der Waals surface area contributed by atoms with Gasteiger partial charge in [0.2, 0.25) is 11.7 Å². The first-order valence-corrected chi connectivity index (χ1v) is 8.92. The second kappa shape index (κ2) is 6.06. The van der Waals surface area contributed by atoms with Crippen LogP contribution in [0.5, 0.6) is 0 Å². The van der Waals surface area contributed by atoms with Crippen LogP contribution in [0.2, 0.25) is 0 Å². The lowest BCUT2D eigenvalue weighted by Crippen LogP contribution is -2.54. The lowest BCUT2D eigenvalue weighted by molar-refractivity contribution is -0.155. The topological polar surface area (TPSA) is 75.7 Å². The molecule has 0 unspecified atom stereocenters. The van der Waals surface area contributed by atoms with Gasteiger partial charge in [0.1, 0.15) is 0 Å². The molecular formula is C20H22N2O4. The van der Waals surface area contributed by atoms with E-state index in [-0.39, 0.29) is 17.9 Å². The minimum Gasteiger partial charge on any atom is -0.463 e. The number of fused-ring (bicyclic) bond motifs is 4. The van der Waals surface area contributed by atoms with E-state index in [1.807, 2.05) is 24.3 Å². The number of methoxy groups -OCH3 is 1. The molecule has 6 nitrogen and oxygen atoms in total. The Kier molecular flexibility index (Phi) is 3.95. The highest BCUT2D eigenvalue weighted by atomic mass is 16.5. The Morgan fingerprint density at radius 3 is 2.88 bits per heavy atom. The number of nitrogens with one attached hydrogen (secondary N) is 1. The number of rotatable bonds is 3. The molecular weight excluding hydrogens is 332 g/mol. The first kappa shape index (κ1) is 17.0. The number of amides is 1. The molecule has 0 aliphatic carbocycles. The van der Waals surface area contributed by atoms with E-state index in [0.717, 1.165) is 17.8 Å². The number of benzene rings is 1. The standard InChI is InChI=1S/C20H22N2O4/c1-3-12-11-22-9-8-20(14-6-4-5-7-15(14)21-19(20)25)16(22)10-13(12)17(23)18(24)26-2/h3-7,12-13,16H,1,8-11H2,2H3,(H,21,25)/t12-,13+,16+,20-/m1/s1. The molecule has 3 aliphatic heterocycles. The summed E-state index contributed by atoms with van der Waals surface area (Å²) in [5.41, 5.74) is 1.19. The van der Waals surface area contributed by atoms with Crippen molar-refractivity contribution in [2.24, 2.45) is 11.8 Å². The van der Waals surface area contributed by atoms with Gasteiger partial charge in [-0.1, -0.05) is 24.3 Å². The van der Waals surface area contributed by atoms with E-state index in [9.17, 15) is 14.4 Å². The van der Waals surface area contributed by atoms with Crippen molar-refractivity contribution >= 4 is 23.3 Å². The molecule has 1 spiro atoms. The van der Waals surface area contributed by atoms with Crippen molar-refractivity contribution in [3.05, 3.63) is 42.5 Å². The minimum absolute atomic E-state index is 0.00693. The molecule has 0 aromatic heterocycles. The Morgan fingerprint density at radius 2 is 2.15 bits per heavy atom. The van der Waals surface area contributed by atoms with Gasteiger partial charge >= 0.3 is 5.97 Å². The van der Waals surface area contributed by atoms with E-state index in [1.54, 1.807) is 6.08 Å². The Hall–Kier alpha value is -2.47. The number of Topliss-reactive ketones (excluding diaryl/α,β-unsaturated/α-hetero) is 1. The Labute approximate surface area is 152 Å². The number of hydrogen-bond donors (Lipinski definition) is 1. The predicted octanol–water partition coefficient (Wildman–Crippen LogP) is 1.51. The second-order valence-corrected chi connectivity index (χ2v) is 7.33. The van der Waals surface area contributed by atoms with E-state index in [4.69, 9.17) is 0 Å². The van der Waals surface area contributed by atoms with E-state index in [2.05, 4.69) is 21.5 Å². The maximum atomic E-state index is 13.0. The third kappa shape index (κ3) is 2.18. The molecule has 2 saturated heterocycles. The molecule has 1 N–H and O–H groups in total. The fraction of sp³-hybridized carbons (Fsp3) is 0.450. The molecule has 0 saturated carbocycles. The number of carbonyl (C=O) groups is 3. The number of anilines is 1. The highest BCUT2D eigenvalue weighted by molar-refractivity contribution is 6.34. The van der Waals surface area contributed by atoms with Crippen LogP contribution in [0.25, 0.3) is 0 Å². The summed E-state index contributed by atoms with van der Waals surface area (Å²) < 4.78 is 4.65. The van der Waals surface area contributed by atoms with Crippen LogP contribution < -0.4 is 5.32 Å². The van der Waals surface area contributed by atoms with Crippen LogP contribution in [0, 0.1) is 11.8 Å². The van der Waals surface area contributed by atoms with Crippen LogP contribution >= 0.6 is 0 Å². The smallest absolute Gasteiger partial charge is 0.374 e. The van der Waals surface area contributed by atoms with Crippen molar-refractivity contribution in [1.82, 2.24) is 4.90 Å². The van der Waals surface area contributed by atoms with Gasteiger partial charge in [-0.25, -0.2) is 4.79 Å². The van der Waals surface area contributed by atoms with Gasteiger partial charge in [-0.15, -0.1) is 6.58 Å². The second-order valence-electron chi connectivity index (χ2n) is 7.33. The van der Waals surface area contributed by atoms with E-state index >= 15 is 0 Å². The summed E-state index contributed by atoms with van der Waals surface area (Å²) in [6.45, 7) is 5.26. The lowest BCUT2D eigenvalue weighted by atomic mass is 9.68. The van der Waals surface area contributed by atoms with Crippen LogP contribution in [-0.4, -0.2) is 48.8 Å². The molecule has 2 fully saturated rings. The number of ketones is 1. The summed E-state index contributed by atoms with van der Waals surface area (Å²) in [5, 5.41) is 3.00. The summed E-state index contributed by atoms with van der Waals surface area (Å²) in [6.07, 6.45) is 2.91. The van der Waals surface area contributed by atoms with Gasteiger partial charge in [0.25, 0.3) is 0 Å². The van der Waals surface area contributed by atoms with Gasteiger partial charge in [-0.05, 0) is 36.9 Å². The fourth-order valence-corrected chi connectivity index (χ4v) is 5.04. The highest BCUT2D eigenvalue weighted by Crippen LogP contribution is 2.52. The molecule has 0 bridgehead atoms. The third-order valence-electron chi connectivity index (χ3n) is 6.33. The van der Waals surface area contributed by atoms with Gasteiger partial charge < -0.3 is 10.1 Å². The normalized spacial score (nSPS) is 32.7. The molecule has 3 aliphatic rings. The Morgan fingerprint density at radius 1 is 1.38 bits per heavy atom. The Bertz CT molecular complexity index is 805. The number of para-hydroxylation sites is 1. The molecule has 4 atom stereocenters. The van der Waals surface area contributed by atoms with Crippen LogP contribution in [0.3, 0.4) is 0 Å². The van der Waals surface area contributed by atoms with Crippen molar-refractivity contribution in [3.63, 3.8) is 0 Å². The maximum Gasteiger partial charge on any atom is 0.374 e. The first-order valence-electron chi connectivity index (χ1n) is 8.92. The van der Waals surface area contributed by atoms with Crippen molar-refractivity contribution in [3.8, 4) is 0 Å². The zero-order chi connectivity index (χ0) is 18.5. The molecule has 4 rings (SSSR count). The SMILES string of the molecule is C=C[C@@H]1CN2CC[C@]3(C(=O)Nc4ccccc43)[C@@H]2C[C@@H]1C(=O)C(=O)OC. The van der Waals surface area contributed by atoms with Crippen LogP contribution in [0.1, 0.15) is 18.4 Å². The van der Waals surface area contributed by atoms with Gasteiger partial charge in [0, 0.05) is 24.2 Å². The molecule has 26 heavy (non-hydrogen) atoms. The monoisotopic (exact) mass is 354 g/mol. The first-order chi connectivity index (χ1) is 12.5. The summed E-state index contributed by atoms with van der Waals surface area (Å²) in [6, 6.07) is 7.64. The number of piperidine rings is 1. The average molecular weight is 354 g/mol. The summed E-state index contributed by atoms with van der Waals surface area (Å²) in [5.74, 6) is -1.97. The lowest BCUT2D eigenvalue weighted by Gasteiger charge is -2.43. The van der Waals surface area contributed by atoms with E-state index in [0.29, 0.717) is 19.4 Å². The zero-order valence-corrected chi connectivity index (χ0v) is 14.7. The zero-order valence-electron chi connectivity index (χ0n) is 14.7. The average Bonchev–Trinajstić information content (AvgIpc) is 3.18. The van der Waals surface area contributed by atoms with Gasteiger partial charge in [-0.3, -0.25) is 14.5 Å². The van der Waals surface area contributed by atoms with E-state index in [1.165, 1.54) is 7.11 Å². The van der Waals surface area contributed by atoms with Crippen molar-refractivity contribution in [2.45, 2.75) is 24.3 Å². The number of hydrogen-bond acceptors (Lipinski definition) is 5. The van der Waals surface area contributed by atoms with Crippen LogP contribution in [0.15, 0.2) is 36.9 Å². The largest absolute Gasteiger partial charge is 0.463 e. The van der Waals surface area contributed by atoms with Crippen molar-refractivity contribution < 1.29 is 19.1 Å². The molecule has 0 radical (unpaired) electrons.